The van der Waals surface area contributed by atoms with Crippen LogP contribution in [0.3, 0.4) is 0 Å². The Labute approximate surface area is 124 Å². The summed E-state index contributed by atoms with van der Waals surface area (Å²) in [5.41, 5.74) is -0.215. The van der Waals surface area contributed by atoms with Crippen molar-refractivity contribution in [1.29, 1.82) is 0 Å². The zero-order valence-electron chi connectivity index (χ0n) is 12.5. The minimum absolute atomic E-state index is 0.135. The van der Waals surface area contributed by atoms with Crippen LogP contribution in [0.5, 0.6) is 0 Å². The number of carbonyl (C=O) groups is 3. The molecule has 1 N–H and O–H groups in total. The van der Waals surface area contributed by atoms with Crippen molar-refractivity contribution in [3.8, 4) is 0 Å². The third-order valence-electron chi connectivity index (χ3n) is 4.70. The summed E-state index contributed by atoms with van der Waals surface area (Å²) in [6.45, 7) is 0.208. The van der Waals surface area contributed by atoms with Gasteiger partial charge in [0.2, 0.25) is 11.8 Å². The van der Waals surface area contributed by atoms with Crippen LogP contribution in [-0.4, -0.2) is 47.5 Å². The van der Waals surface area contributed by atoms with Crippen molar-refractivity contribution in [2.75, 3.05) is 13.7 Å². The molecular weight excluding hydrogens is 274 g/mol. The van der Waals surface area contributed by atoms with Crippen LogP contribution in [0, 0.1) is 5.41 Å². The molecule has 0 aromatic rings. The Morgan fingerprint density at radius 2 is 1.81 bits per heavy atom. The number of rotatable bonds is 5. The lowest BCUT2D eigenvalue weighted by atomic mass is 9.67. The van der Waals surface area contributed by atoms with Crippen molar-refractivity contribution in [2.45, 2.75) is 57.4 Å². The molecule has 1 saturated heterocycles. The number of hydrogen-bond acceptors (Lipinski definition) is 4. The van der Waals surface area contributed by atoms with Gasteiger partial charge in [-0.15, -0.1) is 0 Å². The van der Waals surface area contributed by atoms with Crippen molar-refractivity contribution in [1.82, 2.24) is 4.90 Å². The highest BCUT2D eigenvalue weighted by molar-refractivity contribution is 6.01. The van der Waals surface area contributed by atoms with Gasteiger partial charge in [0.15, 0.2) is 0 Å². The number of aliphatic carboxylic acids is 1. The van der Waals surface area contributed by atoms with E-state index in [0.29, 0.717) is 12.8 Å². The van der Waals surface area contributed by atoms with Crippen LogP contribution in [0.25, 0.3) is 0 Å². The number of amides is 2. The normalized spacial score (nSPS) is 23.4. The van der Waals surface area contributed by atoms with Gasteiger partial charge < -0.3 is 9.84 Å². The topological polar surface area (TPSA) is 83.9 Å². The zero-order valence-corrected chi connectivity index (χ0v) is 12.5. The van der Waals surface area contributed by atoms with Crippen LogP contribution < -0.4 is 0 Å². The number of piperidine rings is 1. The van der Waals surface area contributed by atoms with Gasteiger partial charge in [-0.25, -0.2) is 4.79 Å². The van der Waals surface area contributed by atoms with Crippen molar-refractivity contribution in [2.24, 2.45) is 5.41 Å². The molecule has 1 aliphatic carbocycles. The molecule has 2 fully saturated rings. The summed E-state index contributed by atoms with van der Waals surface area (Å²) in [5, 5.41) is 9.29. The largest absolute Gasteiger partial charge is 0.480 e. The first-order valence-electron chi connectivity index (χ1n) is 7.56. The Morgan fingerprint density at radius 3 is 2.29 bits per heavy atom. The Bertz CT molecular complexity index is 408. The van der Waals surface area contributed by atoms with E-state index in [1.165, 1.54) is 7.11 Å². The molecule has 0 aromatic carbocycles. The summed E-state index contributed by atoms with van der Waals surface area (Å²) < 4.78 is 4.88. The number of carboxylic acids is 1. The van der Waals surface area contributed by atoms with Crippen molar-refractivity contribution < 1.29 is 24.2 Å². The van der Waals surface area contributed by atoms with Gasteiger partial charge in [-0.3, -0.25) is 14.5 Å². The smallest absolute Gasteiger partial charge is 0.327 e. The molecule has 0 radical (unpaired) electrons. The fraction of sp³-hybridized carbons (Fsp3) is 0.800. The van der Waals surface area contributed by atoms with Crippen LogP contribution in [0.15, 0.2) is 0 Å². The van der Waals surface area contributed by atoms with E-state index < -0.39 is 12.0 Å². The molecule has 1 unspecified atom stereocenters. The second kappa shape index (κ2) is 6.56. The highest BCUT2D eigenvalue weighted by Crippen LogP contribution is 2.45. The molecular formula is C15H23NO5. The molecule has 21 heavy (non-hydrogen) atoms. The SMILES string of the molecule is COCCC(C(=O)O)N1C(=O)CC2(CCCCC2)CC1=O. The van der Waals surface area contributed by atoms with E-state index in [1.807, 2.05) is 0 Å². The molecule has 6 heteroatoms. The maximum absolute atomic E-state index is 12.4. The monoisotopic (exact) mass is 297 g/mol. The standard InChI is InChI=1S/C15H23NO5/c1-21-8-5-11(14(19)20)16-12(17)9-15(10-13(16)18)6-3-2-4-7-15/h11H,2-10H2,1H3,(H,19,20). The fourth-order valence-corrected chi connectivity index (χ4v) is 3.61. The predicted octanol–water partition coefficient (Wildman–Crippen LogP) is 1.58. The van der Waals surface area contributed by atoms with Crippen LogP contribution in [-0.2, 0) is 19.1 Å². The zero-order chi connectivity index (χ0) is 15.5. The first-order chi connectivity index (χ1) is 9.99. The lowest BCUT2D eigenvalue weighted by molar-refractivity contribution is -0.165. The van der Waals surface area contributed by atoms with Gasteiger partial charge in [0.25, 0.3) is 0 Å². The Kier molecular flexibility index (Phi) is 4.98. The van der Waals surface area contributed by atoms with E-state index in [0.717, 1.165) is 37.0 Å². The number of carbonyl (C=O) groups excluding carboxylic acids is 2. The second-order valence-corrected chi connectivity index (χ2v) is 6.21. The number of hydrogen-bond donors (Lipinski definition) is 1. The van der Waals surface area contributed by atoms with Gasteiger partial charge in [0, 0.05) is 33.0 Å². The summed E-state index contributed by atoms with van der Waals surface area (Å²) in [7, 11) is 1.47. The average Bonchev–Trinajstić information content (AvgIpc) is 2.42. The molecule has 2 aliphatic rings. The highest BCUT2D eigenvalue weighted by atomic mass is 16.5. The number of nitrogens with zero attached hydrogens (tertiary/aromatic N) is 1. The summed E-state index contributed by atoms with van der Waals surface area (Å²) >= 11 is 0. The van der Waals surface area contributed by atoms with E-state index in [9.17, 15) is 19.5 Å². The Balaban J connectivity index is 2.13. The average molecular weight is 297 g/mol. The summed E-state index contributed by atoms with van der Waals surface area (Å²) in [6, 6.07) is -1.11. The van der Waals surface area contributed by atoms with E-state index in [-0.39, 0.29) is 30.3 Å². The molecule has 2 amide bonds. The Hall–Kier alpha value is -1.43. The lowest BCUT2D eigenvalue weighted by Crippen LogP contribution is -2.55. The third-order valence-corrected chi connectivity index (χ3v) is 4.70. The molecule has 1 heterocycles. The van der Waals surface area contributed by atoms with Gasteiger partial charge in [0.05, 0.1) is 0 Å². The molecule has 0 bridgehead atoms. The number of carboxylic acid groups (broad SMARTS) is 1. The maximum Gasteiger partial charge on any atom is 0.327 e. The molecule has 6 nitrogen and oxygen atoms in total. The number of likely N-dealkylation sites (tertiary alicyclic amines) is 1. The van der Waals surface area contributed by atoms with E-state index in [1.54, 1.807) is 0 Å². The predicted molar refractivity (Wildman–Crippen MR) is 74.5 cm³/mol. The summed E-state index contributed by atoms with van der Waals surface area (Å²) in [4.78, 5) is 37.1. The minimum atomic E-state index is -1.15. The first-order valence-corrected chi connectivity index (χ1v) is 7.56. The van der Waals surface area contributed by atoms with E-state index in [2.05, 4.69) is 0 Å². The van der Waals surface area contributed by atoms with Crippen LogP contribution in [0.2, 0.25) is 0 Å². The van der Waals surface area contributed by atoms with Crippen molar-refractivity contribution in [3.05, 3.63) is 0 Å². The molecule has 2 rings (SSSR count). The van der Waals surface area contributed by atoms with Gasteiger partial charge in [-0.2, -0.15) is 0 Å². The molecule has 1 atom stereocenters. The van der Waals surface area contributed by atoms with Crippen molar-refractivity contribution in [3.63, 3.8) is 0 Å². The molecule has 0 aromatic heterocycles. The van der Waals surface area contributed by atoms with Gasteiger partial charge in [-0.1, -0.05) is 19.3 Å². The minimum Gasteiger partial charge on any atom is -0.480 e. The van der Waals surface area contributed by atoms with Gasteiger partial charge in [-0.05, 0) is 18.3 Å². The Morgan fingerprint density at radius 1 is 1.24 bits per heavy atom. The number of methoxy groups -OCH3 is 1. The summed E-state index contributed by atoms with van der Waals surface area (Å²) in [6.07, 6.45) is 5.78. The second-order valence-electron chi connectivity index (χ2n) is 6.21. The van der Waals surface area contributed by atoms with Crippen LogP contribution >= 0.6 is 0 Å². The first kappa shape index (κ1) is 15.9. The maximum atomic E-state index is 12.4. The number of imide groups is 1. The highest BCUT2D eigenvalue weighted by Gasteiger charge is 2.47. The van der Waals surface area contributed by atoms with Gasteiger partial charge in [0.1, 0.15) is 6.04 Å². The van der Waals surface area contributed by atoms with Crippen LogP contribution in [0.1, 0.15) is 51.4 Å². The van der Waals surface area contributed by atoms with Crippen molar-refractivity contribution >= 4 is 17.8 Å². The quantitative estimate of drug-likeness (QED) is 0.779. The molecule has 1 aliphatic heterocycles. The van der Waals surface area contributed by atoms with Crippen LogP contribution in [0.4, 0.5) is 0 Å². The van der Waals surface area contributed by atoms with E-state index in [4.69, 9.17) is 4.74 Å². The lowest BCUT2D eigenvalue weighted by Gasteiger charge is -2.43. The molecule has 1 spiro atoms. The fourth-order valence-electron chi connectivity index (χ4n) is 3.61. The molecule has 1 saturated carbocycles. The molecule has 118 valence electrons. The number of ether oxygens (including phenoxy) is 1. The summed E-state index contributed by atoms with van der Waals surface area (Å²) in [5.74, 6) is -1.82. The third kappa shape index (κ3) is 3.43. The van der Waals surface area contributed by atoms with Gasteiger partial charge >= 0.3 is 5.97 Å². The van der Waals surface area contributed by atoms with E-state index >= 15 is 0 Å².